The highest BCUT2D eigenvalue weighted by molar-refractivity contribution is 5.81. The third-order valence-corrected chi connectivity index (χ3v) is 2.28. The van der Waals surface area contributed by atoms with E-state index in [2.05, 4.69) is 11.4 Å². The fraction of sp³-hybridized carbons (Fsp3) is 0.333. The van der Waals surface area contributed by atoms with E-state index in [9.17, 15) is 4.79 Å². The standard InChI is InChI=1S/C12H15N3O2/c1-15(2)12(16)8-14-11-6-10(17-3)5-4-9(11)7-13/h4-6,14H,8H2,1-3H3. The largest absolute Gasteiger partial charge is 0.497 e. The molecule has 1 N–H and O–H groups in total. The Bertz CT molecular complexity index is 450. The van der Waals surface area contributed by atoms with Gasteiger partial charge < -0.3 is 15.0 Å². The summed E-state index contributed by atoms with van der Waals surface area (Å²) in [6, 6.07) is 7.11. The van der Waals surface area contributed by atoms with E-state index in [-0.39, 0.29) is 12.5 Å². The number of likely N-dealkylation sites (N-methyl/N-ethyl adjacent to an activating group) is 1. The second-order valence-electron chi connectivity index (χ2n) is 3.67. The summed E-state index contributed by atoms with van der Waals surface area (Å²) in [6.45, 7) is 0.148. The van der Waals surface area contributed by atoms with Crippen LogP contribution in [0.4, 0.5) is 5.69 Å². The van der Waals surface area contributed by atoms with Gasteiger partial charge in [0.1, 0.15) is 11.8 Å². The Morgan fingerprint density at radius 1 is 1.53 bits per heavy atom. The van der Waals surface area contributed by atoms with Crippen LogP contribution >= 0.6 is 0 Å². The maximum Gasteiger partial charge on any atom is 0.241 e. The van der Waals surface area contributed by atoms with Crippen molar-refractivity contribution in [3.05, 3.63) is 23.8 Å². The Labute approximate surface area is 101 Å². The van der Waals surface area contributed by atoms with Crippen LogP contribution in [0.1, 0.15) is 5.56 Å². The van der Waals surface area contributed by atoms with Gasteiger partial charge in [0, 0.05) is 20.2 Å². The number of nitriles is 1. The van der Waals surface area contributed by atoms with Crippen LogP contribution in [-0.4, -0.2) is 38.6 Å². The van der Waals surface area contributed by atoms with Crippen LogP contribution in [-0.2, 0) is 4.79 Å². The average molecular weight is 233 g/mol. The van der Waals surface area contributed by atoms with Gasteiger partial charge in [-0.25, -0.2) is 0 Å². The topological polar surface area (TPSA) is 65.4 Å². The number of nitrogens with zero attached hydrogens (tertiary/aromatic N) is 2. The molecular weight excluding hydrogens is 218 g/mol. The number of nitrogens with one attached hydrogen (secondary N) is 1. The number of carbonyl (C=O) groups is 1. The fourth-order valence-corrected chi connectivity index (χ4v) is 1.22. The zero-order valence-electron chi connectivity index (χ0n) is 10.2. The van der Waals surface area contributed by atoms with Gasteiger partial charge in [-0.05, 0) is 12.1 Å². The highest BCUT2D eigenvalue weighted by Gasteiger charge is 2.07. The van der Waals surface area contributed by atoms with Crippen LogP contribution in [0.25, 0.3) is 0 Å². The van der Waals surface area contributed by atoms with Crippen LogP contribution in [0.15, 0.2) is 18.2 Å². The Kier molecular flexibility index (Phi) is 4.35. The van der Waals surface area contributed by atoms with Gasteiger partial charge in [-0.1, -0.05) is 0 Å². The van der Waals surface area contributed by atoms with Crippen LogP contribution in [0.3, 0.4) is 0 Å². The van der Waals surface area contributed by atoms with Gasteiger partial charge in [0.05, 0.1) is 24.9 Å². The minimum absolute atomic E-state index is 0.0586. The summed E-state index contributed by atoms with van der Waals surface area (Å²) < 4.78 is 5.06. The van der Waals surface area contributed by atoms with Crippen molar-refractivity contribution in [1.29, 1.82) is 5.26 Å². The van der Waals surface area contributed by atoms with Gasteiger partial charge in [0.25, 0.3) is 0 Å². The first-order valence-electron chi connectivity index (χ1n) is 5.10. The van der Waals surface area contributed by atoms with Gasteiger partial charge in [-0.15, -0.1) is 0 Å². The Hall–Kier alpha value is -2.22. The molecule has 0 aliphatic rings. The van der Waals surface area contributed by atoms with E-state index in [0.717, 1.165) is 0 Å². The lowest BCUT2D eigenvalue weighted by Crippen LogP contribution is -2.28. The maximum absolute atomic E-state index is 11.4. The number of ether oxygens (including phenoxy) is 1. The van der Waals surface area contributed by atoms with Crippen molar-refractivity contribution < 1.29 is 9.53 Å². The Balaban J connectivity index is 2.82. The van der Waals surface area contributed by atoms with E-state index in [1.54, 1.807) is 39.4 Å². The molecule has 0 spiro atoms. The summed E-state index contributed by atoms with van der Waals surface area (Å²) in [7, 11) is 4.91. The molecule has 1 aromatic rings. The van der Waals surface area contributed by atoms with E-state index in [1.165, 1.54) is 4.90 Å². The predicted octanol–water partition coefficient (Wildman–Crippen LogP) is 1.07. The molecule has 0 aromatic heterocycles. The normalized spacial score (nSPS) is 9.29. The molecule has 0 fully saturated rings. The molecule has 1 aromatic carbocycles. The van der Waals surface area contributed by atoms with Crippen LogP contribution in [0.2, 0.25) is 0 Å². The predicted molar refractivity (Wildman–Crippen MR) is 64.9 cm³/mol. The first-order valence-corrected chi connectivity index (χ1v) is 5.10. The summed E-state index contributed by atoms with van der Waals surface area (Å²) in [5.41, 5.74) is 1.08. The van der Waals surface area contributed by atoms with Gasteiger partial charge >= 0.3 is 0 Å². The highest BCUT2D eigenvalue weighted by Crippen LogP contribution is 2.21. The molecule has 0 aliphatic carbocycles. The first kappa shape index (κ1) is 12.8. The maximum atomic E-state index is 11.4. The Morgan fingerprint density at radius 2 is 2.24 bits per heavy atom. The van der Waals surface area contributed by atoms with E-state index in [0.29, 0.717) is 17.0 Å². The van der Waals surface area contributed by atoms with Crippen molar-refractivity contribution >= 4 is 11.6 Å². The average Bonchev–Trinajstić information content (AvgIpc) is 2.35. The third-order valence-electron chi connectivity index (χ3n) is 2.28. The van der Waals surface area contributed by atoms with Gasteiger partial charge in [0.15, 0.2) is 0 Å². The molecule has 0 aliphatic heterocycles. The summed E-state index contributed by atoms with van der Waals surface area (Å²) in [4.78, 5) is 12.9. The zero-order chi connectivity index (χ0) is 12.8. The number of amides is 1. The molecule has 90 valence electrons. The smallest absolute Gasteiger partial charge is 0.241 e. The minimum atomic E-state index is -0.0586. The molecule has 1 amide bonds. The molecular formula is C12H15N3O2. The number of hydrogen-bond acceptors (Lipinski definition) is 4. The van der Waals surface area contributed by atoms with Crippen molar-refractivity contribution in [2.75, 3.05) is 33.1 Å². The molecule has 0 unspecified atom stereocenters. The van der Waals surface area contributed by atoms with Crippen LogP contribution in [0, 0.1) is 11.3 Å². The van der Waals surface area contributed by atoms with Gasteiger partial charge in [-0.2, -0.15) is 5.26 Å². The number of hydrogen-bond donors (Lipinski definition) is 1. The number of carbonyl (C=O) groups excluding carboxylic acids is 1. The second kappa shape index (κ2) is 5.75. The highest BCUT2D eigenvalue weighted by atomic mass is 16.5. The van der Waals surface area contributed by atoms with Crippen molar-refractivity contribution in [3.8, 4) is 11.8 Å². The lowest BCUT2D eigenvalue weighted by atomic mass is 10.2. The fourth-order valence-electron chi connectivity index (χ4n) is 1.22. The number of anilines is 1. The number of benzene rings is 1. The number of rotatable bonds is 4. The van der Waals surface area contributed by atoms with Crippen molar-refractivity contribution in [1.82, 2.24) is 4.90 Å². The monoisotopic (exact) mass is 233 g/mol. The lowest BCUT2D eigenvalue weighted by Gasteiger charge is -2.13. The van der Waals surface area contributed by atoms with Crippen molar-refractivity contribution in [2.24, 2.45) is 0 Å². The first-order chi connectivity index (χ1) is 8.08. The summed E-state index contributed by atoms with van der Waals surface area (Å²) in [5, 5.41) is 11.9. The molecule has 0 saturated heterocycles. The molecule has 0 radical (unpaired) electrons. The summed E-state index contributed by atoms with van der Waals surface area (Å²) in [6.07, 6.45) is 0. The van der Waals surface area contributed by atoms with E-state index < -0.39 is 0 Å². The van der Waals surface area contributed by atoms with Gasteiger partial charge in [-0.3, -0.25) is 4.79 Å². The van der Waals surface area contributed by atoms with E-state index in [4.69, 9.17) is 10.00 Å². The molecule has 1 rings (SSSR count). The van der Waals surface area contributed by atoms with Crippen LogP contribution < -0.4 is 10.1 Å². The quantitative estimate of drug-likeness (QED) is 0.844. The summed E-state index contributed by atoms with van der Waals surface area (Å²) in [5.74, 6) is 0.584. The van der Waals surface area contributed by atoms with Crippen molar-refractivity contribution in [3.63, 3.8) is 0 Å². The molecule has 0 atom stereocenters. The van der Waals surface area contributed by atoms with Crippen molar-refractivity contribution in [2.45, 2.75) is 0 Å². The third kappa shape index (κ3) is 3.38. The van der Waals surface area contributed by atoms with Crippen LogP contribution in [0.5, 0.6) is 5.75 Å². The van der Waals surface area contributed by atoms with E-state index in [1.807, 2.05) is 0 Å². The molecule has 17 heavy (non-hydrogen) atoms. The van der Waals surface area contributed by atoms with E-state index >= 15 is 0 Å². The zero-order valence-corrected chi connectivity index (χ0v) is 10.2. The second-order valence-corrected chi connectivity index (χ2v) is 3.67. The summed E-state index contributed by atoms with van der Waals surface area (Å²) >= 11 is 0. The lowest BCUT2D eigenvalue weighted by molar-refractivity contribution is -0.126. The SMILES string of the molecule is COc1ccc(C#N)c(NCC(=O)N(C)C)c1. The van der Waals surface area contributed by atoms with Gasteiger partial charge in [0.2, 0.25) is 5.91 Å². The molecule has 5 nitrogen and oxygen atoms in total. The molecule has 0 saturated carbocycles. The minimum Gasteiger partial charge on any atom is -0.497 e. The molecule has 0 bridgehead atoms. The molecule has 5 heteroatoms. The number of methoxy groups -OCH3 is 1. The molecule has 0 heterocycles. The Morgan fingerprint density at radius 3 is 2.76 bits per heavy atom.